The summed E-state index contributed by atoms with van der Waals surface area (Å²) in [6, 6.07) is 12.0. The highest BCUT2D eigenvalue weighted by atomic mass is 32.2. The van der Waals surface area contributed by atoms with E-state index in [4.69, 9.17) is 4.98 Å². The van der Waals surface area contributed by atoms with Crippen LogP contribution in [-0.4, -0.2) is 38.8 Å². The number of imidazole rings is 1. The molecule has 138 valence electrons. The highest BCUT2D eigenvalue weighted by molar-refractivity contribution is 7.99. The molecule has 3 aromatic rings. The number of thioether (sulfide) groups is 1. The zero-order valence-corrected chi connectivity index (χ0v) is 16.1. The first kappa shape index (κ1) is 17.8. The molecule has 4 rings (SSSR count). The molecule has 0 fully saturated rings. The van der Waals surface area contributed by atoms with Crippen LogP contribution in [-0.2, 0) is 19.5 Å². The minimum Gasteiger partial charge on any atom is -0.306 e. The van der Waals surface area contributed by atoms with Crippen molar-refractivity contribution >= 4 is 22.8 Å². The van der Waals surface area contributed by atoms with Gasteiger partial charge in [-0.25, -0.2) is 9.78 Å². The summed E-state index contributed by atoms with van der Waals surface area (Å²) in [7, 11) is 2.09. The van der Waals surface area contributed by atoms with Crippen LogP contribution in [0.15, 0.2) is 40.2 Å². The van der Waals surface area contributed by atoms with Crippen molar-refractivity contribution in [2.45, 2.75) is 31.0 Å². The zero-order valence-electron chi connectivity index (χ0n) is 15.2. The van der Waals surface area contributed by atoms with Crippen LogP contribution in [0.2, 0.25) is 0 Å². The quantitative estimate of drug-likeness (QED) is 0.545. The summed E-state index contributed by atoms with van der Waals surface area (Å²) in [5.74, 6) is 0.812. The Hall–Kier alpha value is -2.56. The third-order valence-corrected chi connectivity index (χ3v) is 5.97. The molecule has 1 N–H and O–H groups in total. The number of aromatic nitrogens is 3. The second-order valence-corrected chi connectivity index (χ2v) is 7.93. The molecule has 0 unspecified atom stereocenters. The summed E-state index contributed by atoms with van der Waals surface area (Å²) in [5, 5.41) is 10.3. The number of likely N-dealkylation sites (N-methyl/N-ethyl adjacent to an activating group) is 1. The first-order chi connectivity index (χ1) is 13.2. The van der Waals surface area contributed by atoms with Crippen LogP contribution in [0.1, 0.15) is 23.2 Å². The van der Waals surface area contributed by atoms with Crippen LogP contribution in [0.5, 0.6) is 0 Å². The number of para-hydroxylation sites is 2. The molecule has 27 heavy (non-hydrogen) atoms. The molecule has 0 saturated heterocycles. The van der Waals surface area contributed by atoms with Crippen LogP contribution in [0, 0.1) is 11.3 Å². The van der Waals surface area contributed by atoms with Gasteiger partial charge in [-0.2, -0.15) is 5.26 Å². The molecule has 0 radical (unpaired) electrons. The van der Waals surface area contributed by atoms with Gasteiger partial charge in [0.2, 0.25) is 0 Å². The summed E-state index contributed by atoms with van der Waals surface area (Å²) in [6.07, 6.45) is 1.76. The lowest BCUT2D eigenvalue weighted by atomic mass is 10.0. The van der Waals surface area contributed by atoms with Crippen LogP contribution in [0.4, 0.5) is 0 Å². The molecule has 6 nitrogen and oxygen atoms in total. The molecule has 0 amide bonds. The Morgan fingerprint density at radius 2 is 2.22 bits per heavy atom. The number of aromatic amines is 1. The number of pyridine rings is 1. The normalized spacial score (nSPS) is 14.2. The lowest BCUT2D eigenvalue weighted by molar-refractivity contribution is 0.309. The fourth-order valence-corrected chi connectivity index (χ4v) is 4.41. The Morgan fingerprint density at radius 1 is 1.37 bits per heavy atom. The van der Waals surface area contributed by atoms with E-state index >= 15 is 0 Å². The van der Waals surface area contributed by atoms with E-state index in [-0.39, 0.29) is 5.69 Å². The number of benzene rings is 1. The van der Waals surface area contributed by atoms with E-state index in [1.54, 1.807) is 16.3 Å². The van der Waals surface area contributed by atoms with Gasteiger partial charge in [0.25, 0.3) is 0 Å². The average molecular weight is 379 g/mol. The van der Waals surface area contributed by atoms with Crippen molar-refractivity contribution in [2.24, 2.45) is 0 Å². The smallest absolute Gasteiger partial charge is 0.306 e. The lowest BCUT2D eigenvalue weighted by Gasteiger charge is -2.24. The fourth-order valence-electron chi connectivity index (χ4n) is 3.50. The topological polar surface area (TPSA) is 77.7 Å². The van der Waals surface area contributed by atoms with Crippen LogP contribution in [0.25, 0.3) is 11.0 Å². The molecule has 0 saturated carbocycles. The van der Waals surface area contributed by atoms with Gasteiger partial charge in [0, 0.05) is 37.5 Å². The second-order valence-electron chi connectivity index (χ2n) is 6.85. The third kappa shape index (κ3) is 3.64. The van der Waals surface area contributed by atoms with Crippen molar-refractivity contribution < 1.29 is 0 Å². The van der Waals surface area contributed by atoms with E-state index in [0.29, 0.717) is 12.1 Å². The molecule has 7 heteroatoms. The Bertz CT molecular complexity index is 1080. The van der Waals surface area contributed by atoms with E-state index < -0.39 is 0 Å². The summed E-state index contributed by atoms with van der Waals surface area (Å²) >= 11 is 1.61. The zero-order chi connectivity index (χ0) is 18.8. The molecule has 0 spiro atoms. The molecule has 1 aliphatic rings. The summed E-state index contributed by atoms with van der Waals surface area (Å²) in [5.41, 5.74) is 4.65. The highest BCUT2D eigenvalue weighted by Gasteiger charge is 2.18. The monoisotopic (exact) mass is 379 g/mol. The van der Waals surface area contributed by atoms with Gasteiger partial charge in [0.05, 0.1) is 16.6 Å². The average Bonchev–Trinajstić information content (AvgIpc) is 2.99. The number of aryl methyl sites for hydroxylation is 1. The van der Waals surface area contributed by atoms with Crippen LogP contribution < -0.4 is 5.69 Å². The minimum atomic E-state index is -0.0741. The highest BCUT2D eigenvalue weighted by Crippen LogP contribution is 2.26. The maximum atomic E-state index is 12.1. The standard InChI is InChI=1S/C20H21N5OS/c1-24-9-7-16-15(13-24)11-14(12-21)19(22-16)27-10-4-8-25-18-6-3-2-5-17(18)23-20(25)26/h2-3,5-6,11H,4,7-10,13H2,1H3,(H,23,26). The van der Waals surface area contributed by atoms with Gasteiger partial charge in [-0.1, -0.05) is 12.1 Å². The van der Waals surface area contributed by atoms with Crippen molar-refractivity contribution in [1.82, 2.24) is 19.4 Å². The summed E-state index contributed by atoms with van der Waals surface area (Å²) < 4.78 is 1.78. The molecule has 0 bridgehead atoms. The van der Waals surface area contributed by atoms with Gasteiger partial charge in [0.1, 0.15) is 11.1 Å². The Morgan fingerprint density at radius 3 is 3.07 bits per heavy atom. The minimum absolute atomic E-state index is 0.0741. The van der Waals surface area contributed by atoms with E-state index in [1.807, 2.05) is 30.3 Å². The molecule has 1 aliphatic heterocycles. The Labute approximate surface area is 161 Å². The van der Waals surface area contributed by atoms with Gasteiger partial charge < -0.3 is 9.88 Å². The van der Waals surface area contributed by atoms with Crippen molar-refractivity contribution in [1.29, 1.82) is 5.26 Å². The maximum absolute atomic E-state index is 12.1. The molecular weight excluding hydrogens is 358 g/mol. The maximum Gasteiger partial charge on any atom is 0.326 e. The molecule has 0 aliphatic carbocycles. The van der Waals surface area contributed by atoms with E-state index in [1.165, 1.54) is 0 Å². The SMILES string of the molecule is CN1CCc2nc(SCCCn3c(=O)[nH]c4ccccc43)c(C#N)cc2C1. The third-order valence-electron chi connectivity index (χ3n) is 4.89. The fraction of sp³-hybridized carbons (Fsp3) is 0.350. The Kier molecular flexibility index (Phi) is 5.01. The van der Waals surface area contributed by atoms with Crippen molar-refractivity contribution in [3.63, 3.8) is 0 Å². The predicted molar refractivity (Wildman–Crippen MR) is 107 cm³/mol. The number of hydrogen-bond donors (Lipinski definition) is 1. The van der Waals surface area contributed by atoms with Crippen LogP contribution in [0.3, 0.4) is 0 Å². The number of hydrogen-bond acceptors (Lipinski definition) is 5. The van der Waals surface area contributed by atoms with Gasteiger partial charge in [-0.05, 0) is 37.2 Å². The van der Waals surface area contributed by atoms with E-state index in [0.717, 1.165) is 59.0 Å². The number of nitriles is 1. The van der Waals surface area contributed by atoms with Crippen LogP contribution >= 0.6 is 11.8 Å². The van der Waals surface area contributed by atoms with Gasteiger partial charge in [0.15, 0.2) is 0 Å². The number of fused-ring (bicyclic) bond motifs is 2. The van der Waals surface area contributed by atoms with Crippen molar-refractivity contribution in [2.75, 3.05) is 19.3 Å². The summed E-state index contributed by atoms with van der Waals surface area (Å²) in [6.45, 7) is 2.50. The van der Waals surface area contributed by atoms with Crippen molar-refractivity contribution in [3.05, 3.63) is 57.6 Å². The number of nitrogens with one attached hydrogen (secondary N) is 1. The van der Waals surface area contributed by atoms with Gasteiger partial charge in [-0.3, -0.25) is 4.57 Å². The predicted octanol–water partition coefficient (Wildman–Crippen LogP) is 2.77. The summed E-state index contributed by atoms with van der Waals surface area (Å²) in [4.78, 5) is 22.0. The van der Waals surface area contributed by atoms with Gasteiger partial charge >= 0.3 is 5.69 Å². The first-order valence-electron chi connectivity index (χ1n) is 9.07. The molecule has 1 aromatic carbocycles. The van der Waals surface area contributed by atoms with E-state index in [9.17, 15) is 10.1 Å². The number of H-pyrrole nitrogens is 1. The first-order valence-corrected chi connectivity index (χ1v) is 10.1. The lowest BCUT2D eigenvalue weighted by Crippen LogP contribution is -2.27. The molecule has 0 atom stereocenters. The largest absolute Gasteiger partial charge is 0.326 e. The number of rotatable bonds is 5. The van der Waals surface area contributed by atoms with Crippen molar-refractivity contribution in [3.8, 4) is 6.07 Å². The van der Waals surface area contributed by atoms with Gasteiger partial charge in [-0.15, -0.1) is 11.8 Å². The Balaban J connectivity index is 1.44. The second kappa shape index (κ2) is 7.59. The molecular formula is C20H21N5OS. The number of nitrogens with zero attached hydrogens (tertiary/aromatic N) is 4. The molecule has 2 aromatic heterocycles. The molecule has 3 heterocycles. The van der Waals surface area contributed by atoms with E-state index in [2.05, 4.69) is 23.0 Å².